The SMILES string of the molecule is COc1ccc(NS(=O)(=O)c2ccc(C(C)C)cc2)cc1NC(C)=O. The second kappa shape index (κ2) is 7.57. The highest BCUT2D eigenvalue weighted by molar-refractivity contribution is 7.92. The number of methoxy groups -OCH3 is 1. The van der Waals surface area contributed by atoms with Crippen LogP contribution in [0.2, 0.25) is 0 Å². The minimum absolute atomic E-state index is 0.175. The lowest BCUT2D eigenvalue weighted by Gasteiger charge is -2.13. The fourth-order valence-electron chi connectivity index (χ4n) is 2.30. The molecule has 0 bridgehead atoms. The van der Waals surface area contributed by atoms with E-state index in [-0.39, 0.29) is 10.8 Å². The Balaban J connectivity index is 2.29. The molecule has 25 heavy (non-hydrogen) atoms. The Morgan fingerprint density at radius 3 is 2.24 bits per heavy atom. The van der Waals surface area contributed by atoms with Crippen LogP contribution in [0.25, 0.3) is 0 Å². The monoisotopic (exact) mass is 362 g/mol. The van der Waals surface area contributed by atoms with Gasteiger partial charge in [0.15, 0.2) is 0 Å². The maximum Gasteiger partial charge on any atom is 0.261 e. The lowest BCUT2D eigenvalue weighted by molar-refractivity contribution is -0.114. The largest absolute Gasteiger partial charge is 0.495 e. The summed E-state index contributed by atoms with van der Waals surface area (Å²) >= 11 is 0. The van der Waals surface area contributed by atoms with E-state index in [1.165, 1.54) is 20.1 Å². The number of amides is 1. The molecule has 2 rings (SSSR count). The van der Waals surface area contributed by atoms with Crippen LogP contribution in [0.5, 0.6) is 5.75 Å². The highest BCUT2D eigenvalue weighted by Crippen LogP contribution is 2.29. The minimum atomic E-state index is -3.72. The predicted molar refractivity (Wildman–Crippen MR) is 98.6 cm³/mol. The van der Waals surface area contributed by atoms with Crippen LogP contribution in [-0.2, 0) is 14.8 Å². The summed E-state index contributed by atoms with van der Waals surface area (Å²) in [6.07, 6.45) is 0. The van der Waals surface area contributed by atoms with Gasteiger partial charge in [-0.25, -0.2) is 8.42 Å². The molecule has 7 heteroatoms. The number of nitrogens with one attached hydrogen (secondary N) is 2. The molecule has 0 aromatic heterocycles. The second-order valence-corrected chi connectivity index (χ2v) is 7.61. The molecule has 0 saturated carbocycles. The van der Waals surface area contributed by atoms with E-state index in [2.05, 4.69) is 10.0 Å². The van der Waals surface area contributed by atoms with Gasteiger partial charge >= 0.3 is 0 Å². The van der Waals surface area contributed by atoms with Gasteiger partial charge in [0, 0.05) is 6.92 Å². The Morgan fingerprint density at radius 2 is 1.72 bits per heavy atom. The Bertz CT molecular complexity index is 859. The van der Waals surface area contributed by atoms with E-state index in [1.54, 1.807) is 36.4 Å². The van der Waals surface area contributed by atoms with Crippen molar-refractivity contribution in [3.05, 3.63) is 48.0 Å². The average molecular weight is 362 g/mol. The molecule has 1 amide bonds. The van der Waals surface area contributed by atoms with E-state index in [9.17, 15) is 13.2 Å². The predicted octanol–water partition coefficient (Wildman–Crippen LogP) is 3.58. The first-order valence-corrected chi connectivity index (χ1v) is 9.29. The Labute approximate surface area is 148 Å². The zero-order valence-corrected chi connectivity index (χ0v) is 15.5. The lowest BCUT2D eigenvalue weighted by atomic mass is 10.0. The van der Waals surface area contributed by atoms with Gasteiger partial charge in [-0.2, -0.15) is 0 Å². The van der Waals surface area contributed by atoms with Crippen molar-refractivity contribution in [2.24, 2.45) is 0 Å². The van der Waals surface area contributed by atoms with E-state index in [1.807, 2.05) is 13.8 Å². The van der Waals surface area contributed by atoms with Crippen LogP contribution in [0.15, 0.2) is 47.4 Å². The maximum atomic E-state index is 12.5. The molecule has 0 aliphatic carbocycles. The molecule has 0 heterocycles. The Morgan fingerprint density at radius 1 is 1.08 bits per heavy atom. The molecule has 0 saturated heterocycles. The number of rotatable bonds is 6. The van der Waals surface area contributed by atoms with E-state index >= 15 is 0 Å². The summed E-state index contributed by atoms with van der Waals surface area (Å²) < 4.78 is 32.8. The summed E-state index contributed by atoms with van der Waals surface area (Å²) in [4.78, 5) is 11.5. The summed E-state index contributed by atoms with van der Waals surface area (Å²) in [5.41, 5.74) is 1.79. The first-order valence-electron chi connectivity index (χ1n) is 7.81. The highest BCUT2D eigenvalue weighted by atomic mass is 32.2. The normalized spacial score (nSPS) is 11.2. The highest BCUT2D eigenvalue weighted by Gasteiger charge is 2.16. The third kappa shape index (κ3) is 4.73. The number of hydrogen-bond donors (Lipinski definition) is 2. The molecule has 0 aliphatic rings. The quantitative estimate of drug-likeness (QED) is 0.823. The van der Waals surface area contributed by atoms with Gasteiger partial charge in [-0.1, -0.05) is 26.0 Å². The van der Waals surface area contributed by atoms with E-state index in [0.29, 0.717) is 23.0 Å². The summed E-state index contributed by atoms with van der Waals surface area (Å²) in [6, 6.07) is 11.4. The first-order chi connectivity index (χ1) is 11.7. The Kier molecular flexibility index (Phi) is 5.69. The number of carbonyl (C=O) groups is 1. The lowest BCUT2D eigenvalue weighted by Crippen LogP contribution is -2.14. The fourth-order valence-corrected chi connectivity index (χ4v) is 3.35. The average Bonchev–Trinajstić information content (AvgIpc) is 2.54. The van der Waals surface area contributed by atoms with Gasteiger partial charge in [-0.3, -0.25) is 9.52 Å². The van der Waals surface area contributed by atoms with Gasteiger partial charge in [0.25, 0.3) is 10.0 Å². The van der Waals surface area contributed by atoms with Crippen molar-refractivity contribution in [1.29, 1.82) is 0 Å². The maximum absolute atomic E-state index is 12.5. The van der Waals surface area contributed by atoms with Gasteiger partial charge in [0.2, 0.25) is 5.91 Å². The van der Waals surface area contributed by atoms with Crippen molar-refractivity contribution in [2.75, 3.05) is 17.1 Å². The minimum Gasteiger partial charge on any atom is -0.495 e. The molecule has 2 aromatic carbocycles. The molecule has 0 aliphatic heterocycles. The third-order valence-electron chi connectivity index (χ3n) is 3.62. The first kappa shape index (κ1) is 18.8. The van der Waals surface area contributed by atoms with E-state index < -0.39 is 10.0 Å². The van der Waals surface area contributed by atoms with Crippen LogP contribution >= 0.6 is 0 Å². The van der Waals surface area contributed by atoms with Crippen LogP contribution < -0.4 is 14.8 Å². The molecule has 2 aromatic rings. The number of hydrogen-bond acceptors (Lipinski definition) is 4. The van der Waals surface area contributed by atoms with Crippen molar-refractivity contribution in [3.8, 4) is 5.75 Å². The molecule has 2 N–H and O–H groups in total. The second-order valence-electron chi connectivity index (χ2n) is 5.93. The van der Waals surface area contributed by atoms with Gasteiger partial charge in [0.05, 0.1) is 23.4 Å². The number of anilines is 2. The van der Waals surface area contributed by atoms with Crippen molar-refractivity contribution in [1.82, 2.24) is 0 Å². The van der Waals surface area contributed by atoms with Crippen molar-refractivity contribution in [2.45, 2.75) is 31.6 Å². The summed E-state index contributed by atoms with van der Waals surface area (Å²) in [6.45, 7) is 5.46. The summed E-state index contributed by atoms with van der Waals surface area (Å²) in [7, 11) is -2.25. The van der Waals surface area contributed by atoms with Crippen LogP contribution in [0, 0.1) is 0 Å². The van der Waals surface area contributed by atoms with Gasteiger partial charge < -0.3 is 10.1 Å². The van der Waals surface area contributed by atoms with Crippen molar-refractivity contribution < 1.29 is 17.9 Å². The molecule has 0 fully saturated rings. The number of benzene rings is 2. The van der Waals surface area contributed by atoms with Crippen LogP contribution in [-0.4, -0.2) is 21.4 Å². The number of sulfonamides is 1. The van der Waals surface area contributed by atoms with Crippen LogP contribution in [0.4, 0.5) is 11.4 Å². The van der Waals surface area contributed by atoms with Crippen LogP contribution in [0.1, 0.15) is 32.3 Å². The van der Waals surface area contributed by atoms with Gasteiger partial charge in [-0.05, 0) is 41.8 Å². The topological polar surface area (TPSA) is 84.5 Å². The zero-order valence-electron chi connectivity index (χ0n) is 14.7. The van der Waals surface area contributed by atoms with E-state index in [0.717, 1.165) is 5.56 Å². The molecule has 6 nitrogen and oxygen atoms in total. The summed E-state index contributed by atoms with van der Waals surface area (Å²) in [5, 5.41) is 2.61. The standard InChI is InChI=1S/C18H22N2O4S/c1-12(2)14-5-8-16(9-6-14)25(22,23)20-15-7-10-18(24-4)17(11-15)19-13(3)21/h5-12,20H,1-4H3,(H,19,21). The molecule has 0 unspecified atom stereocenters. The molecule has 0 atom stereocenters. The fraction of sp³-hybridized carbons (Fsp3) is 0.278. The van der Waals surface area contributed by atoms with Gasteiger partial charge in [-0.15, -0.1) is 0 Å². The molecule has 134 valence electrons. The van der Waals surface area contributed by atoms with Crippen LogP contribution in [0.3, 0.4) is 0 Å². The summed E-state index contributed by atoms with van der Waals surface area (Å²) in [5.74, 6) is 0.494. The smallest absolute Gasteiger partial charge is 0.261 e. The molecular formula is C18H22N2O4S. The van der Waals surface area contributed by atoms with Crippen molar-refractivity contribution >= 4 is 27.3 Å². The van der Waals surface area contributed by atoms with Gasteiger partial charge in [0.1, 0.15) is 5.75 Å². The van der Waals surface area contributed by atoms with E-state index in [4.69, 9.17) is 4.74 Å². The number of ether oxygens (including phenoxy) is 1. The molecular weight excluding hydrogens is 340 g/mol. The Hall–Kier alpha value is -2.54. The molecule has 0 spiro atoms. The van der Waals surface area contributed by atoms with Crippen molar-refractivity contribution in [3.63, 3.8) is 0 Å². The number of carbonyl (C=O) groups excluding carboxylic acids is 1. The molecule has 0 radical (unpaired) electrons. The third-order valence-corrected chi connectivity index (χ3v) is 5.02. The zero-order chi connectivity index (χ0) is 18.6.